The summed E-state index contributed by atoms with van der Waals surface area (Å²) >= 11 is 4.25. The molecule has 1 aromatic carbocycles. The molecule has 6 heteroatoms. The average Bonchev–Trinajstić information content (AvgIpc) is 2.55. The summed E-state index contributed by atoms with van der Waals surface area (Å²) in [6, 6.07) is 7.00. The molecule has 4 nitrogen and oxygen atoms in total. The lowest BCUT2D eigenvalue weighted by Crippen LogP contribution is -1.82. The first-order valence-electron chi connectivity index (χ1n) is 3.90. The molecule has 0 radical (unpaired) electrons. The van der Waals surface area contributed by atoms with Crippen molar-refractivity contribution in [3.63, 3.8) is 0 Å². The molecule has 0 unspecified atom stereocenters. The highest BCUT2D eigenvalue weighted by Gasteiger charge is 2.19. The molecule has 1 aromatic heterocycles. The van der Waals surface area contributed by atoms with E-state index in [9.17, 15) is 10.1 Å². The van der Waals surface area contributed by atoms with Gasteiger partial charge < -0.3 is 0 Å². The van der Waals surface area contributed by atoms with Gasteiger partial charge in [-0.3, -0.25) is 10.1 Å². The number of benzene rings is 1. The molecule has 1 heterocycles. The fourth-order valence-corrected chi connectivity index (χ4v) is 3.05. The molecule has 0 atom stereocenters. The Balaban J connectivity index is 2.77. The molecule has 0 aliphatic heterocycles. The van der Waals surface area contributed by atoms with Crippen LogP contribution >= 0.6 is 27.3 Å². The Labute approximate surface area is 97.0 Å². The molecule has 0 amide bonds. The molecule has 0 bridgehead atoms. The number of nitriles is 1. The molecule has 0 aliphatic rings. The first kappa shape index (κ1) is 10.1. The van der Waals surface area contributed by atoms with E-state index in [4.69, 9.17) is 5.26 Å². The molecule has 0 N–H and O–H groups in total. The SMILES string of the molecule is N#Cc1ccc2c(Br)c([N+](=O)[O-])sc2c1. The van der Waals surface area contributed by atoms with Crippen molar-refractivity contribution < 1.29 is 4.92 Å². The monoisotopic (exact) mass is 282 g/mol. The van der Waals surface area contributed by atoms with Crippen LogP contribution in [0.1, 0.15) is 5.56 Å². The van der Waals surface area contributed by atoms with Gasteiger partial charge in [0.1, 0.15) is 4.47 Å². The van der Waals surface area contributed by atoms with E-state index in [-0.39, 0.29) is 5.00 Å². The summed E-state index contributed by atoms with van der Waals surface area (Å²) in [5.74, 6) is 0. The number of thiophene rings is 1. The zero-order chi connectivity index (χ0) is 11.0. The topological polar surface area (TPSA) is 66.9 Å². The van der Waals surface area contributed by atoms with E-state index >= 15 is 0 Å². The van der Waals surface area contributed by atoms with Gasteiger partial charge in [0.15, 0.2) is 0 Å². The van der Waals surface area contributed by atoms with Gasteiger partial charge in [-0.05, 0) is 28.1 Å². The van der Waals surface area contributed by atoms with Crippen molar-refractivity contribution in [2.24, 2.45) is 0 Å². The van der Waals surface area contributed by atoms with Crippen LogP contribution in [0.25, 0.3) is 10.1 Å². The zero-order valence-electron chi connectivity index (χ0n) is 7.23. The van der Waals surface area contributed by atoms with Crippen LogP contribution in [0.15, 0.2) is 22.7 Å². The van der Waals surface area contributed by atoms with Crippen molar-refractivity contribution in [1.29, 1.82) is 5.26 Å². The second-order valence-electron chi connectivity index (χ2n) is 2.80. The maximum atomic E-state index is 10.7. The largest absolute Gasteiger partial charge is 0.339 e. The van der Waals surface area contributed by atoms with Gasteiger partial charge in [0.2, 0.25) is 0 Å². The van der Waals surface area contributed by atoms with E-state index in [0.29, 0.717) is 10.0 Å². The normalized spacial score (nSPS) is 10.1. The Kier molecular flexibility index (Phi) is 2.42. The van der Waals surface area contributed by atoms with E-state index in [1.807, 2.05) is 6.07 Å². The van der Waals surface area contributed by atoms with E-state index in [1.165, 1.54) is 0 Å². The highest BCUT2D eigenvalue weighted by molar-refractivity contribution is 9.10. The molecular weight excluding hydrogens is 280 g/mol. The van der Waals surface area contributed by atoms with Gasteiger partial charge in [-0.2, -0.15) is 5.26 Å². The molecule has 2 aromatic rings. The predicted octanol–water partition coefficient (Wildman–Crippen LogP) is 3.44. The summed E-state index contributed by atoms with van der Waals surface area (Å²) < 4.78 is 1.23. The third-order valence-electron chi connectivity index (χ3n) is 1.91. The minimum Gasteiger partial charge on any atom is -0.258 e. The van der Waals surface area contributed by atoms with Crippen LogP contribution in [-0.4, -0.2) is 4.92 Å². The lowest BCUT2D eigenvalue weighted by atomic mass is 10.2. The van der Waals surface area contributed by atoms with Crippen LogP contribution in [0, 0.1) is 21.4 Å². The van der Waals surface area contributed by atoms with Gasteiger partial charge in [0.25, 0.3) is 0 Å². The van der Waals surface area contributed by atoms with Crippen LogP contribution < -0.4 is 0 Å². The molecule has 0 fully saturated rings. The smallest absolute Gasteiger partial charge is 0.258 e. The van der Waals surface area contributed by atoms with Crippen molar-refractivity contribution in [2.75, 3.05) is 0 Å². The van der Waals surface area contributed by atoms with Gasteiger partial charge in [0, 0.05) is 10.1 Å². The highest BCUT2D eigenvalue weighted by atomic mass is 79.9. The summed E-state index contributed by atoms with van der Waals surface area (Å²) in [4.78, 5) is 10.2. The lowest BCUT2D eigenvalue weighted by molar-refractivity contribution is -0.380. The maximum absolute atomic E-state index is 10.7. The Morgan fingerprint density at radius 1 is 1.53 bits per heavy atom. The summed E-state index contributed by atoms with van der Waals surface area (Å²) in [5.41, 5.74) is 0.506. The van der Waals surface area contributed by atoms with Crippen molar-refractivity contribution >= 4 is 42.4 Å². The number of halogens is 1. The van der Waals surface area contributed by atoms with Crippen molar-refractivity contribution in [3.8, 4) is 6.07 Å². The Hall–Kier alpha value is -1.45. The van der Waals surface area contributed by atoms with E-state index < -0.39 is 4.92 Å². The molecule has 0 aliphatic carbocycles. The number of rotatable bonds is 1. The quantitative estimate of drug-likeness (QED) is 0.594. The first-order valence-corrected chi connectivity index (χ1v) is 5.51. The number of nitrogens with zero attached hydrogens (tertiary/aromatic N) is 2. The van der Waals surface area contributed by atoms with E-state index in [0.717, 1.165) is 21.4 Å². The molecule has 15 heavy (non-hydrogen) atoms. The van der Waals surface area contributed by atoms with Crippen molar-refractivity contribution in [2.45, 2.75) is 0 Å². The maximum Gasteiger partial charge on any atom is 0.339 e. The summed E-state index contributed by atoms with van der Waals surface area (Å²) in [7, 11) is 0. The number of hydrogen-bond donors (Lipinski definition) is 0. The number of hydrogen-bond acceptors (Lipinski definition) is 4. The minimum absolute atomic E-state index is 0.0695. The van der Waals surface area contributed by atoms with E-state index in [1.54, 1.807) is 18.2 Å². The second kappa shape index (κ2) is 3.61. The molecular formula is C9H3BrN2O2S. The standard InChI is InChI=1S/C9H3BrN2O2S/c10-8-6-2-1-5(4-11)3-7(6)15-9(8)12(13)14/h1-3H. The lowest BCUT2D eigenvalue weighted by Gasteiger charge is -1.89. The molecule has 2 rings (SSSR count). The predicted molar refractivity (Wildman–Crippen MR) is 60.9 cm³/mol. The second-order valence-corrected chi connectivity index (χ2v) is 4.62. The third-order valence-corrected chi connectivity index (χ3v) is 4.08. The summed E-state index contributed by atoms with van der Waals surface area (Å²) in [5, 5.41) is 20.2. The fourth-order valence-electron chi connectivity index (χ4n) is 1.24. The Morgan fingerprint density at radius 3 is 2.87 bits per heavy atom. The van der Waals surface area contributed by atoms with Crippen LogP contribution in [-0.2, 0) is 0 Å². The van der Waals surface area contributed by atoms with Gasteiger partial charge in [-0.25, -0.2) is 0 Å². The molecule has 0 saturated carbocycles. The number of nitro groups is 1. The van der Waals surface area contributed by atoms with Gasteiger partial charge in [-0.1, -0.05) is 17.4 Å². The summed E-state index contributed by atoms with van der Waals surface area (Å²) in [6.07, 6.45) is 0. The minimum atomic E-state index is -0.430. The molecule has 0 saturated heterocycles. The van der Waals surface area contributed by atoms with Gasteiger partial charge in [-0.15, -0.1) is 0 Å². The van der Waals surface area contributed by atoms with Gasteiger partial charge >= 0.3 is 5.00 Å². The molecule has 74 valence electrons. The average molecular weight is 283 g/mol. The van der Waals surface area contributed by atoms with Crippen LogP contribution in [0.3, 0.4) is 0 Å². The Bertz CT molecular complexity index is 600. The van der Waals surface area contributed by atoms with E-state index in [2.05, 4.69) is 15.9 Å². The molecule has 0 spiro atoms. The van der Waals surface area contributed by atoms with Crippen molar-refractivity contribution in [3.05, 3.63) is 38.3 Å². The first-order chi connectivity index (χ1) is 7.13. The number of fused-ring (bicyclic) bond motifs is 1. The zero-order valence-corrected chi connectivity index (χ0v) is 9.63. The fraction of sp³-hybridized carbons (Fsp3) is 0. The highest BCUT2D eigenvalue weighted by Crippen LogP contribution is 2.41. The van der Waals surface area contributed by atoms with Crippen molar-refractivity contribution in [1.82, 2.24) is 0 Å². The van der Waals surface area contributed by atoms with Crippen LogP contribution in [0.4, 0.5) is 5.00 Å². The third kappa shape index (κ3) is 1.60. The van der Waals surface area contributed by atoms with Crippen LogP contribution in [0.5, 0.6) is 0 Å². The van der Waals surface area contributed by atoms with Crippen LogP contribution in [0.2, 0.25) is 0 Å². The van der Waals surface area contributed by atoms with Gasteiger partial charge in [0.05, 0.1) is 16.6 Å². The summed E-state index contributed by atoms with van der Waals surface area (Å²) in [6.45, 7) is 0. The Morgan fingerprint density at radius 2 is 2.27 bits per heavy atom.